The minimum atomic E-state index is 0. The number of hydrogen-bond donors (Lipinski definition) is 0. The average Bonchev–Trinajstić information content (AvgIpc) is 3.39. The van der Waals surface area contributed by atoms with E-state index in [-0.39, 0.29) is 51.0 Å². The largest absolute Gasteiger partial charge is 4.00 e. The summed E-state index contributed by atoms with van der Waals surface area (Å²) in [7, 11) is 2.13. The molecular weight excluding hydrogens is 512 g/mol. The van der Waals surface area contributed by atoms with Crippen LogP contribution in [0.5, 0.6) is 0 Å². The van der Waals surface area contributed by atoms with Crippen LogP contribution >= 0.6 is 0 Å². The van der Waals surface area contributed by atoms with Crippen LogP contribution in [0, 0.1) is 25.8 Å². The summed E-state index contributed by atoms with van der Waals surface area (Å²) in [6, 6.07) is 19.6. The topological polar surface area (TPSA) is 3.24 Å². The number of fused-ring (bicyclic) bond motifs is 2. The Kier molecular flexibility index (Phi) is 10.8. The van der Waals surface area contributed by atoms with Gasteiger partial charge in [0.15, 0.2) is 0 Å². The van der Waals surface area contributed by atoms with Crippen LogP contribution in [0.2, 0.25) is 0 Å². The van der Waals surface area contributed by atoms with Crippen molar-refractivity contribution in [2.24, 2.45) is 5.92 Å². The summed E-state index contributed by atoms with van der Waals surface area (Å²) in [6.45, 7) is 9.80. The fraction of sp³-hybridized carbons (Fsp3) is 0.250. The average molecular weight is 542 g/mol. The van der Waals surface area contributed by atoms with Gasteiger partial charge in [-0.3, -0.25) is 0 Å². The van der Waals surface area contributed by atoms with Crippen molar-refractivity contribution in [3.63, 3.8) is 0 Å². The molecule has 3 aromatic carbocycles. The summed E-state index contributed by atoms with van der Waals surface area (Å²) in [6.07, 6.45) is 7.92. The minimum Gasteiger partial charge on any atom is -1.00 e. The van der Waals surface area contributed by atoms with Gasteiger partial charge in [-0.2, -0.15) is 6.07 Å². The third-order valence-electron chi connectivity index (χ3n) is 5.78. The Morgan fingerprint density at radius 1 is 1.00 bits per heavy atom. The van der Waals surface area contributed by atoms with E-state index in [9.17, 15) is 0 Å². The van der Waals surface area contributed by atoms with Gasteiger partial charge < -0.3 is 29.7 Å². The van der Waals surface area contributed by atoms with E-state index in [1.165, 1.54) is 49.9 Å². The molecule has 2 aliphatic rings. The van der Waals surface area contributed by atoms with Crippen LogP contribution in [0.15, 0.2) is 83.6 Å². The third-order valence-corrected chi connectivity index (χ3v) is 5.78. The van der Waals surface area contributed by atoms with E-state index in [2.05, 4.69) is 112 Å². The summed E-state index contributed by atoms with van der Waals surface area (Å²) >= 11 is 0. The number of likely N-dealkylation sites (N-methyl/N-ethyl adjacent to an activating group) is 1. The van der Waals surface area contributed by atoms with Crippen molar-refractivity contribution in [3.8, 4) is 11.1 Å². The molecule has 3 aromatic rings. The van der Waals surface area contributed by atoms with Crippen molar-refractivity contribution < 1.29 is 51.0 Å². The number of halogens is 2. The monoisotopic (exact) mass is 539 g/mol. The molecule has 164 valence electrons. The normalized spacial score (nSPS) is 13.7. The van der Waals surface area contributed by atoms with Gasteiger partial charge in [0.05, 0.1) is 0 Å². The van der Waals surface area contributed by atoms with E-state index in [0.717, 1.165) is 6.54 Å². The smallest absolute Gasteiger partial charge is 1.00 e. The van der Waals surface area contributed by atoms with Crippen molar-refractivity contribution in [1.29, 1.82) is 0 Å². The molecule has 32 heavy (non-hydrogen) atoms. The van der Waals surface area contributed by atoms with Gasteiger partial charge >= 0.3 is 26.2 Å². The second kappa shape index (κ2) is 12.1. The molecule has 0 aromatic heterocycles. The summed E-state index contributed by atoms with van der Waals surface area (Å²) in [5.41, 5.74) is 9.30. The molecule has 0 radical (unpaired) electrons. The fourth-order valence-electron chi connectivity index (χ4n) is 4.05. The zero-order chi connectivity index (χ0) is 20.5. The molecule has 5 rings (SSSR count). The van der Waals surface area contributed by atoms with Crippen molar-refractivity contribution in [2.45, 2.75) is 27.7 Å². The number of rotatable bonds is 2. The zero-order valence-corrected chi connectivity index (χ0v) is 23.3. The molecule has 0 fully saturated rings. The van der Waals surface area contributed by atoms with Gasteiger partial charge in [-0.1, -0.05) is 75.4 Å². The molecule has 1 aliphatic carbocycles. The predicted molar refractivity (Wildman–Crippen MR) is 125 cm³/mol. The molecule has 0 saturated heterocycles. The first-order valence-corrected chi connectivity index (χ1v) is 10.4. The molecular formula is C28H29Cl2NZr. The third kappa shape index (κ3) is 5.90. The molecule has 1 nitrogen and oxygen atoms in total. The quantitative estimate of drug-likeness (QED) is 0.438. The molecule has 0 bridgehead atoms. The van der Waals surface area contributed by atoms with Crippen molar-refractivity contribution in [2.75, 3.05) is 13.6 Å². The fourth-order valence-corrected chi connectivity index (χ4v) is 4.05. The molecule has 1 heterocycles. The van der Waals surface area contributed by atoms with Crippen LogP contribution in [-0.2, 0) is 26.2 Å². The Bertz CT molecular complexity index is 1140. The van der Waals surface area contributed by atoms with E-state index in [4.69, 9.17) is 0 Å². The first kappa shape index (κ1) is 28.6. The van der Waals surface area contributed by atoms with E-state index < -0.39 is 0 Å². The Morgan fingerprint density at radius 3 is 2.31 bits per heavy atom. The van der Waals surface area contributed by atoms with E-state index >= 15 is 0 Å². The molecule has 4 heteroatoms. The zero-order valence-electron chi connectivity index (χ0n) is 19.3. The number of aryl methyl sites for hydroxylation is 2. The van der Waals surface area contributed by atoms with Crippen LogP contribution in [0.1, 0.15) is 25.0 Å². The first-order valence-electron chi connectivity index (χ1n) is 10.4. The van der Waals surface area contributed by atoms with Crippen molar-refractivity contribution in [1.82, 2.24) is 4.90 Å². The van der Waals surface area contributed by atoms with Gasteiger partial charge in [0.25, 0.3) is 0 Å². The molecule has 0 unspecified atom stereocenters. The Hall–Kier alpha value is -1.47. The second-order valence-corrected chi connectivity index (χ2v) is 8.42. The summed E-state index contributed by atoms with van der Waals surface area (Å²) in [4.78, 5) is 2.26. The van der Waals surface area contributed by atoms with Crippen LogP contribution in [0.25, 0.3) is 21.9 Å². The maximum absolute atomic E-state index is 3.43. The van der Waals surface area contributed by atoms with E-state index in [0.29, 0.717) is 5.92 Å². The number of allylic oxidation sites excluding steroid dienone is 3. The number of benzene rings is 2. The molecule has 0 atom stereocenters. The first-order chi connectivity index (χ1) is 13.9. The maximum atomic E-state index is 3.43. The Labute approximate surface area is 224 Å². The van der Waals surface area contributed by atoms with Gasteiger partial charge in [0.1, 0.15) is 0 Å². The molecule has 1 aliphatic heterocycles. The maximum Gasteiger partial charge on any atom is 4.00 e. The second-order valence-electron chi connectivity index (χ2n) is 8.42. The van der Waals surface area contributed by atoms with E-state index in [1.54, 1.807) is 0 Å². The predicted octanol–water partition coefficient (Wildman–Crippen LogP) is 0.989. The Morgan fingerprint density at radius 2 is 1.69 bits per heavy atom. The number of hydrogen-bond acceptors (Lipinski definition) is 1. The van der Waals surface area contributed by atoms with Gasteiger partial charge in [-0.25, -0.2) is 0 Å². The SMILES string of the molecule is CC(C)C1=[C-]C2=CCN(C)C2=C1.Cc1cc2c(-c3ccccc3)ccc(C)c2[cH-]1.[Cl-].[Cl-].[Zr+4]. The summed E-state index contributed by atoms with van der Waals surface area (Å²) < 4.78 is 0. The van der Waals surface area contributed by atoms with Gasteiger partial charge in [-0.15, -0.1) is 63.4 Å². The Balaban J connectivity index is 0.000000307. The van der Waals surface area contributed by atoms with Gasteiger partial charge in [0, 0.05) is 0 Å². The van der Waals surface area contributed by atoms with Crippen molar-refractivity contribution >= 4 is 10.8 Å². The van der Waals surface area contributed by atoms with Gasteiger partial charge in [-0.05, 0) is 25.1 Å². The van der Waals surface area contributed by atoms with Crippen LogP contribution in [0.4, 0.5) is 0 Å². The molecule has 0 spiro atoms. The van der Waals surface area contributed by atoms with Gasteiger partial charge in [0.2, 0.25) is 0 Å². The summed E-state index contributed by atoms with van der Waals surface area (Å²) in [5, 5.41) is 2.75. The van der Waals surface area contributed by atoms with Crippen LogP contribution in [-0.4, -0.2) is 18.5 Å². The summed E-state index contributed by atoms with van der Waals surface area (Å²) in [5.74, 6) is 0.595. The molecule has 0 amide bonds. The molecule has 0 saturated carbocycles. The van der Waals surface area contributed by atoms with Crippen molar-refractivity contribution in [3.05, 3.63) is 101 Å². The van der Waals surface area contributed by atoms with E-state index in [1.807, 2.05) is 0 Å². The minimum absolute atomic E-state index is 0. The van der Waals surface area contributed by atoms with Crippen LogP contribution in [0.3, 0.4) is 0 Å². The van der Waals surface area contributed by atoms with Crippen LogP contribution < -0.4 is 24.8 Å². The molecule has 0 N–H and O–H groups in total. The number of nitrogens with zero attached hydrogens (tertiary/aromatic N) is 1. The standard InChI is InChI=1S/C17H15.C11H14N.2ClH.Zr/c1-12-10-16-13(2)8-9-15(17(16)11-12)14-6-4-3-5-7-14;1-8(2)10-6-9-4-5-12(3)11(9)7-10;;;/h3-11H,1-2H3;4,7-8H,5H2,1-3H3;2*1H;/q2*-1;;;+4/p-2.